The molecule has 1 N–H and O–H groups in total. The Morgan fingerprint density at radius 2 is 2.37 bits per heavy atom. The number of anilines is 1. The van der Waals surface area contributed by atoms with Gasteiger partial charge in [-0.2, -0.15) is 0 Å². The Kier molecular flexibility index (Phi) is 3.42. The fourth-order valence-corrected chi connectivity index (χ4v) is 2.75. The molecular formula is C15H21N3O. The van der Waals surface area contributed by atoms with Gasteiger partial charge in [-0.25, -0.2) is 4.98 Å². The predicted octanol–water partition coefficient (Wildman–Crippen LogP) is 2.71. The molecule has 1 aliphatic heterocycles. The molecule has 0 spiro atoms. The Morgan fingerprint density at radius 1 is 1.47 bits per heavy atom. The third-order valence-corrected chi connectivity index (χ3v) is 3.90. The molecule has 0 radical (unpaired) electrons. The molecule has 0 aliphatic carbocycles. The van der Waals surface area contributed by atoms with E-state index in [1.807, 2.05) is 13.0 Å². The van der Waals surface area contributed by atoms with E-state index >= 15 is 0 Å². The highest BCUT2D eigenvalue weighted by atomic mass is 16.3. The maximum absolute atomic E-state index is 5.59. The number of oxazole rings is 1. The number of hydrogen-bond acceptors (Lipinski definition) is 4. The Bertz CT molecular complexity index is 558. The summed E-state index contributed by atoms with van der Waals surface area (Å²) in [6.45, 7) is 4.13. The first-order chi connectivity index (χ1) is 9.22. The monoisotopic (exact) mass is 259 g/mol. The first kappa shape index (κ1) is 12.5. The predicted molar refractivity (Wildman–Crippen MR) is 77.7 cm³/mol. The minimum atomic E-state index is 0.693. The summed E-state index contributed by atoms with van der Waals surface area (Å²) in [4.78, 5) is 6.62. The summed E-state index contributed by atoms with van der Waals surface area (Å²) in [5, 5.41) is 3.54. The molecule has 4 nitrogen and oxygen atoms in total. The van der Waals surface area contributed by atoms with Crippen LogP contribution in [-0.2, 0) is 0 Å². The summed E-state index contributed by atoms with van der Waals surface area (Å²) in [5.74, 6) is 0.727. The van der Waals surface area contributed by atoms with Gasteiger partial charge >= 0.3 is 0 Å². The molecular weight excluding hydrogens is 238 g/mol. The van der Waals surface area contributed by atoms with Crippen LogP contribution in [0.1, 0.15) is 25.2 Å². The average molecular weight is 259 g/mol. The highest BCUT2D eigenvalue weighted by molar-refractivity contribution is 5.77. The topological polar surface area (TPSA) is 41.3 Å². The van der Waals surface area contributed by atoms with E-state index in [1.54, 1.807) is 0 Å². The van der Waals surface area contributed by atoms with E-state index < -0.39 is 0 Å². The van der Waals surface area contributed by atoms with E-state index in [0.717, 1.165) is 23.5 Å². The Morgan fingerprint density at radius 3 is 3.16 bits per heavy atom. The Hall–Kier alpha value is -1.55. The van der Waals surface area contributed by atoms with Crippen molar-refractivity contribution < 1.29 is 4.42 Å². The van der Waals surface area contributed by atoms with Crippen molar-refractivity contribution in [2.24, 2.45) is 0 Å². The van der Waals surface area contributed by atoms with Gasteiger partial charge in [-0.05, 0) is 37.9 Å². The second-order valence-electron chi connectivity index (χ2n) is 5.39. The van der Waals surface area contributed by atoms with Crippen molar-refractivity contribution in [3.63, 3.8) is 0 Å². The van der Waals surface area contributed by atoms with Crippen LogP contribution in [0.15, 0.2) is 22.6 Å². The van der Waals surface area contributed by atoms with E-state index in [1.165, 1.54) is 31.5 Å². The van der Waals surface area contributed by atoms with Gasteiger partial charge in [0.1, 0.15) is 5.52 Å². The molecule has 1 aromatic heterocycles. The number of aromatic nitrogens is 1. The van der Waals surface area contributed by atoms with Crippen molar-refractivity contribution >= 4 is 16.8 Å². The number of nitrogens with one attached hydrogen (secondary N) is 1. The van der Waals surface area contributed by atoms with Gasteiger partial charge in [0.15, 0.2) is 11.5 Å². The van der Waals surface area contributed by atoms with Crippen LogP contribution in [-0.4, -0.2) is 31.2 Å². The number of fused-ring (bicyclic) bond motifs is 1. The maximum atomic E-state index is 5.59. The summed E-state index contributed by atoms with van der Waals surface area (Å²) in [6, 6.07) is 6.92. The maximum Gasteiger partial charge on any atom is 0.192 e. The van der Waals surface area contributed by atoms with E-state index in [-0.39, 0.29) is 0 Å². The molecule has 1 aliphatic rings. The molecule has 3 rings (SSSR count). The van der Waals surface area contributed by atoms with Crippen molar-refractivity contribution in [1.29, 1.82) is 0 Å². The molecule has 1 saturated heterocycles. The zero-order chi connectivity index (χ0) is 13.2. The second kappa shape index (κ2) is 5.21. The molecule has 2 aromatic rings. The molecule has 1 atom stereocenters. The first-order valence-electron chi connectivity index (χ1n) is 7.04. The minimum absolute atomic E-state index is 0.693. The van der Waals surface area contributed by atoms with Crippen LogP contribution in [0.5, 0.6) is 0 Å². The number of hydrogen-bond donors (Lipinski definition) is 1. The van der Waals surface area contributed by atoms with Gasteiger partial charge < -0.3 is 14.6 Å². The molecule has 2 heterocycles. The third-order valence-electron chi connectivity index (χ3n) is 3.90. The van der Waals surface area contributed by atoms with E-state index in [0.29, 0.717) is 6.04 Å². The fourth-order valence-electron chi connectivity index (χ4n) is 2.75. The smallest absolute Gasteiger partial charge is 0.192 e. The van der Waals surface area contributed by atoms with Gasteiger partial charge in [-0.1, -0.05) is 0 Å². The number of rotatable bonds is 4. The molecule has 0 saturated carbocycles. The molecule has 0 bridgehead atoms. The molecule has 1 fully saturated rings. The summed E-state index contributed by atoms with van der Waals surface area (Å²) in [6.07, 6.45) is 3.83. The minimum Gasteiger partial charge on any atom is -0.441 e. The zero-order valence-electron chi connectivity index (χ0n) is 11.6. The second-order valence-corrected chi connectivity index (χ2v) is 5.39. The normalized spacial score (nSPS) is 19.2. The largest absolute Gasteiger partial charge is 0.441 e. The standard InChI is InChI=1S/C15H21N3O/c1-11-17-14-6-5-13(10-15(14)19-11)18(2)9-7-12-4-3-8-16-12/h5-6,10,12,16H,3-4,7-9H2,1-2H3. The highest BCUT2D eigenvalue weighted by Crippen LogP contribution is 2.22. The lowest BCUT2D eigenvalue weighted by Gasteiger charge is -2.21. The summed E-state index contributed by atoms with van der Waals surface area (Å²) in [7, 11) is 2.14. The number of aryl methyl sites for hydroxylation is 1. The van der Waals surface area contributed by atoms with E-state index in [2.05, 4.69) is 34.4 Å². The lowest BCUT2D eigenvalue weighted by molar-refractivity contribution is 0.557. The first-order valence-corrected chi connectivity index (χ1v) is 7.04. The van der Waals surface area contributed by atoms with Gasteiger partial charge in [-0.3, -0.25) is 0 Å². The third kappa shape index (κ3) is 2.73. The van der Waals surface area contributed by atoms with Crippen molar-refractivity contribution in [3.8, 4) is 0 Å². The number of nitrogens with zero attached hydrogens (tertiary/aromatic N) is 2. The summed E-state index contributed by atoms with van der Waals surface area (Å²) in [5.41, 5.74) is 3.01. The fraction of sp³-hybridized carbons (Fsp3) is 0.533. The van der Waals surface area contributed by atoms with Gasteiger partial charge in [0, 0.05) is 38.3 Å². The van der Waals surface area contributed by atoms with Crippen LogP contribution in [0, 0.1) is 6.92 Å². The number of benzene rings is 1. The van der Waals surface area contributed by atoms with E-state index in [4.69, 9.17) is 4.42 Å². The van der Waals surface area contributed by atoms with Crippen LogP contribution in [0.25, 0.3) is 11.1 Å². The zero-order valence-corrected chi connectivity index (χ0v) is 11.6. The van der Waals surface area contributed by atoms with Crippen molar-refractivity contribution in [2.45, 2.75) is 32.2 Å². The van der Waals surface area contributed by atoms with Crippen LogP contribution < -0.4 is 10.2 Å². The van der Waals surface area contributed by atoms with Crippen LogP contribution in [0.4, 0.5) is 5.69 Å². The molecule has 1 unspecified atom stereocenters. The van der Waals surface area contributed by atoms with Crippen LogP contribution in [0.2, 0.25) is 0 Å². The van der Waals surface area contributed by atoms with Gasteiger partial charge in [-0.15, -0.1) is 0 Å². The van der Waals surface area contributed by atoms with Crippen molar-refractivity contribution in [1.82, 2.24) is 10.3 Å². The summed E-state index contributed by atoms with van der Waals surface area (Å²) >= 11 is 0. The van der Waals surface area contributed by atoms with Gasteiger partial charge in [0.2, 0.25) is 0 Å². The van der Waals surface area contributed by atoms with Crippen LogP contribution >= 0.6 is 0 Å². The highest BCUT2D eigenvalue weighted by Gasteiger charge is 2.14. The van der Waals surface area contributed by atoms with Gasteiger partial charge in [0.25, 0.3) is 0 Å². The van der Waals surface area contributed by atoms with Gasteiger partial charge in [0.05, 0.1) is 0 Å². The SMILES string of the molecule is Cc1nc2ccc(N(C)CCC3CCCN3)cc2o1. The van der Waals surface area contributed by atoms with Crippen molar-refractivity contribution in [2.75, 3.05) is 25.0 Å². The quantitative estimate of drug-likeness (QED) is 0.916. The lowest BCUT2D eigenvalue weighted by atomic mass is 10.1. The van der Waals surface area contributed by atoms with Crippen molar-refractivity contribution in [3.05, 3.63) is 24.1 Å². The molecule has 102 valence electrons. The summed E-state index contributed by atoms with van der Waals surface area (Å²) < 4.78 is 5.59. The average Bonchev–Trinajstić information content (AvgIpc) is 3.02. The molecule has 1 aromatic carbocycles. The Balaban J connectivity index is 1.67. The lowest BCUT2D eigenvalue weighted by Crippen LogP contribution is -2.28. The van der Waals surface area contributed by atoms with Crippen LogP contribution in [0.3, 0.4) is 0 Å². The molecule has 4 heteroatoms. The molecule has 0 amide bonds. The molecule has 19 heavy (non-hydrogen) atoms. The Labute approximate surface area is 113 Å². The van der Waals surface area contributed by atoms with E-state index in [9.17, 15) is 0 Å².